The Morgan fingerprint density at radius 3 is 2.63 bits per heavy atom. The van der Waals surface area contributed by atoms with Gasteiger partial charge in [-0.25, -0.2) is 8.42 Å². The molecule has 1 aromatic carbocycles. The zero-order valence-electron chi connectivity index (χ0n) is 11.1. The van der Waals surface area contributed by atoms with Crippen LogP contribution in [0.3, 0.4) is 0 Å². The fraction of sp³-hybridized carbons (Fsp3) is 0.462. The van der Waals surface area contributed by atoms with E-state index in [2.05, 4.69) is 4.72 Å². The maximum Gasteiger partial charge on any atom is 0.232 e. The number of hydrogen-bond donors (Lipinski definition) is 1. The summed E-state index contributed by atoms with van der Waals surface area (Å²) in [6, 6.07) is 5.33. The molecule has 5 nitrogen and oxygen atoms in total. The molecule has 0 radical (unpaired) electrons. The third-order valence-corrected chi connectivity index (χ3v) is 4.56. The molecule has 0 spiro atoms. The third kappa shape index (κ3) is 2.89. The van der Waals surface area contributed by atoms with Crippen molar-refractivity contribution in [2.75, 3.05) is 21.9 Å². The third-order valence-electron chi connectivity index (χ3n) is 3.25. The molecule has 1 aliphatic rings. The molecule has 1 N–H and O–H groups in total. The van der Waals surface area contributed by atoms with E-state index in [0.717, 1.165) is 11.3 Å². The second kappa shape index (κ2) is 5.21. The first-order valence-electron chi connectivity index (χ1n) is 6.40. The highest BCUT2D eigenvalue weighted by Gasteiger charge is 2.23. The van der Waals surface area contributed by atoms with Crippen molar-refractivity contribution >= 4 is 27.3 Å². The van der Waals surface area contributed by atoms with E-state index in [1.165, 1.54) is 0 Å². The Bertz CT molecular complexity index is 596. The first-order chi connectivity index (χ1) is 8.96. The number of anilines is 2. The van der Waals surface area contributed by atoms with Gasteiger partial charge in [0.15, 0.2) is 0 Å². The largest absolute Gasteiger partial charge is 0.312 e. The summed E-state index contributed by atoms with van der Waals surface area (Å²) in [7, 11) is -3.26. The number of nitrogens with one attached hydrogen (secondary N) is 1. The average molecular weight is 282 g/mol. The van der Waals surface area contributed by atoms with Crippen LogP contribution < -0.4 is 9.62 Å². The van der Waals surface area contributed by atoms with Crippen molar-refractivity contribution in [3.8, 4) is 0 Å². The summed E-state index contributed by atoms with van der Waals surface area (Å²) in [6.07, 6.45) is 1.14. The van der Waals surface area contributed by atoms with Gasteiger partial charge < -0.3 is 4.90 Å². The van der Waals surface area contributed by atoms with Crippen LogP contribution >= 0.6 is 0 Å². The number of aryl methyl sites for hydroxylation is 1. The quantitative estimate of drug-likeness (QED) is 0.915. The lowest BCUT2D eigenvalue weighted by Gasteiger charge is -2.28. The normalized spacial score (nSPS) is 15.3. The Hall–Kier alpha value is -1.56. The monoisotopic (exact) mass is 282 g/mol. The number of rotatable bonds is 4. The second-order valence-corrected chi connectivity index (χ2v) is 6.50. The fourth-order valence-electron chi connectivity index (χ4n) is 2.22. The van der Waals surface area contributed by atoms with Gasteiger partial charge in [0, 0.05) is 24.3 Å². The molecule has 1 aliphatic heterocycles. The maximum absolute atomic E-state index is 11.8. The Balaban J connectivity index is 2.32. The minimum atomic E-state index is -3.26. The molecule has 0 atom stereocenters. The van der Waals surface area contributed by atoms with Gasteiger partial charge in [0.1, 0.15) is 0 Å². The number of amides is 1. The lowest BCUT2D eigenvalue weighted by Crippen LogP contribution is -2.34. The van der Waals surface area contributed by atoms with Crippen LogP contribution in [0.5, 0.6) is 0 Å². The highest BCUT2D eigenvalue weighted by molar-refractivity contribution is 7.92. The van der Waals surface area contributed by atoms with Crippen LogP contribution in [0.4, 0.5) is 11.4 Å². The number of hydrogen-bond acceptors (Lipinski definition) is 3. The zero-order valence-corrected chi connectivity index (χ0v) is 12.0. The van der Waals surface area contributed by atoms with Gasteiger partial charge in [0.2, 0.25) is 15.9 Å². The van der Waals surface area contributed by atoms with E-state index in [9.17, 15) is 13.2 Å². The molecule has 1 heterocycles. The molecule has 0 bridgehead atoms. The summed E-state index contributed by atoms with van der Waals surface area (Å²) in [5.74, 6) is 0.167. The van der Waals surface area contributed by atoms with Crippen molar-refractivity contribution < 1.29 is 13.2 Å². The van der Waals surface area contributed by atoms with Gasteiger partial charge in [0.25, 0.3) is 0 Å². The van der Waals surface area contributed by atoms with Gasteiger partial charge in [0.05, 0.1) is 5.75 Å². The number of carbonyl (C=O) groups excluding carboxylic acids is 1. The summed E-state index contributed by atoms with van der Waals surface area (Å²) in [5.41, 5.74) is 2.46. The van der Waals surface area contributed by atoms with Gasteiger partial charge in [-0.15, -0.1) is 0 Å². The van der Waals surface area contributed by atoms with Gasteiger partial charge in [-0.2, -0.15) is 0 Å². The molecule has 0 fully saturated rings. The first kappa shape index (κ1) is 13.9. The predicted octanol–water partition coefficient (Wildman–Crippen LogP) is 1.75. The number of sulfonamides is 1. The van der Waals surface area contributed by atoms with Crippen LogP contribution in [-0.4, -0.2) is 26.6 Å². The molecule has 19 heavy (non-hydrogen) atoms. The number of fused-ring (bicyclic) bond motifs is 1. The predicted molar refractivity (Wildman–Crippen MR) is 75.9 cm³/mol. The molecule has 0 unspecified atom stereocenters. The summed E-state index contributed by atoms with van der Waals surface area (Å²) in [6.45, 7) is 4.16. The van der Waals surface area contributed by atoms with Crippen LogP contribution in [-0.2, 0) is 21.2 Å². The van der Waals surface area contributed by atoms with E-state index in [1.807, 2.05) is 19.1 Å². The van der Waals surface area contributed by atoms with E-state index in [-0.39, 0.29) is 11.7 Å². The van der Waals surface area contributed by atoms with E-state index in [0.29, 0.717) is 25.1 Å². The number of benzene rings is 1. The molecule has 0 aliphatic carbocycles. The van der Waals surface area contributed by atoms with E-state index in [4.69, 9.17) is 0 Å². The van der Waals surface area contributed by atoms with Crippen molar-refractivity contribution in [1.29, 1.82) is 0 Å². The lowest BCUT2D eigenvalue weighted by atomic mass is 10.0. The molecule has 6 heteroatoms. The van der Waals surface area contributed by atoms with Gasteiger partial charge >= 0.3 is 0 Å². The minimum absolute atomic E-state index is 0.0453. The molecule has 0 aromatic heterocycles. The van der Waals surface area contributed by atoms with Crippen LogP contribution in [0.1, 0.15) is 25.8 Å². The summed E-state index contributed by atoms with van der Waals surface area (Å²) in [4.78, 5) is 13.5. The second-order valence-electron chi connectivity index (χ2n) is 4.49. The molecule has 104 valence electrons. The number of carbonyl (C=O) groups is 1. The molecule has 1 aromatic rings. The van der Waals surface area contributed by atoms with Crippen molar-refractivity contribution in [1.82, 2.24) is 0 Å². The maximum atomic E-state index is 11.8. The zero-order chi connectivity index (χ0) is 14.0. The van der Waals surface area contributed by atoms with Crippen LogP contribution in [0.2, 0.25) is 0 Å². The van der Waals surface area contributed by atoms with E-state index >= 15 is 0 Å². The highest BCUT2D eigenvalue weighted by atomic mass is 32.2. The molecule has 2 rings (SSSR count). The molecule has 1 amide bonds. The number of nitrogens with zero attached hydrogens (tertiary/aromatic N) is 1. The van der Waals surface area contributed by atoms with Crippen molar-refractivity contribution in [2.45, 2.75) is 26.7 Å². The lowest BCUT2D eigenvalue weighted by molar-refractivity contribution is -0.118. The van der Waals surface area contributed by atoms with Gasteiger partial charge in [-0.3, -0.25) is 9.52 Å². The fourth-order valence-corrected chi connectivity index (χ4v) is 2.85. The highest BCUT2D eigenvalue weighted by Crippen LogP contribution is 2.30. The smallest absolute Gasteiger partial charge is 0.232 e. The Morgan fingerprint density at radius 2 is 2.00 bits per heavy atom. The summed E-state index contributed by atoms with van der Waals surface area (Å²) in [5, 5.41) is 0. The van der Waals surface area contributed by atoms with Crippen LogP contribution in [0, 0.1) is 0 Å². The average Bonchev–Trinajstić information content (AvgIpc) is 2.38. The standard InChI is InChI=1S/C13H18N2O3S/c1-3-15-12-7-6-11(14-19(17,18)4-2)9-10(12)5-8-13(15)16/h6-7,9,14H,3-5,8H2,1-2H3. The first-order valence-corrected chi connectivity index (χ1v) is 8.06. The minimum Gasteiger partial charge on any atom is -0.312 e. The summed E-state index contributed by atoms with van der Waals surface area (Å²) >= 11 is 0. The Labute approximate surface area is 113 Å². The summed E-state index contributed by atoms with van der Waals surface area (Å²) < 4.78 is 25.6. The van der Waals surface area contributed by atoms with E-state index < -0.39 is 10.0 Å². The molecular formula is C13H18N2O3S. The Morgan fingerprint density at radius 1 is 1.26 bits per heavy atom. The Kier molecular flexibility index (Phi) is 3.80. The van der Waals surface area contributed by atoms with Gasteiger partial charge in [-0.1, -0.05) is 0 Å². The van der Waals surface area contributed by atoms with Crippen molar-refractivity contribution in [2.24, 2.45) is 0 Å². The van der Waals surface area contributed by atoms with Gasteiger partial charge in [-0.05, 0) is 44.0 Å². The van der Waals surface area contributed by atoms with Crippen molar-refractivity contribution in [3.05, 3.63) is 23.8 Å². The molecular weight excluding hydrogens is 264 g/mol. The molecule has 0 saturated heterocycles. The van der Waals surface area contributed by atoms with Crippen LogP contribution in [0.25, 0.3) is 0 Å². The molecule has 0 saturated carbocycles. The van der Waals surface area contributed by atoms with E-state index in [1.54, 1.807) is 17.9 Å². The van der Waals surface area contributed by atoms with Crippen LogP contribution in [0.15, 0.2) is 18.2 Å². The topological polar surface area (TPSA) is 66.5 Å². The SMILES string of the molecule is CCN1C(=O)CCc2cc(NS(=O)(=O)CC)ccc21. The van der Waals surface area contributed by atoms with Crippen molar-refractivity contribution in [3.63, 3.8) is 0 Å².